The predicted octanol–water partition coefficient (Wildman–Crippen LogP) is 3.58. The van der Waals surface area contributed by atoms with Crippen molar-refractivity contribution in [3.05, 3.63) is 71.7 Å². The fourth-order valence-electron chi connectivity index (χ4n) is 2.75. The Labute approximate surface area is 128 Å². The van der Waals surface area contributed by atoms with E-state index in [2.05, 4.69) is 10.3 Å². The maximum Gasteiger partial charge on any atom is 0.220 e. The summed E-state index contributed by atoms with van der Waals surface area (Å²) in [6, 6.07) is 15.0. The monoisotopic (exact) mass is 296 g/mol. The molecule has 1 amide bonds. The van der Waals surface area contributed by atoms with Crippen LogP contribution in [-0.4, -0.2) is 17.9 Å². The molecule has 2 aromatic carbocycles. The Morgan fingerprint density at radius 1 is 1.18 bits per heavy atom. The lowest BCUT2D eigenvalue weighted by Crippen LogP contribution is -2.21. The molecule has 0 aliphatic heterocycles. The van der Waals surface area contributed by atoms with Crippen molar-refractivity contribution in [1.29, 1.82) is 0 Å². The Bertz CT molecular complexity index is 795. The van der Waals surface area contributed by atoms with Crippen LogP contribution in [0.5, 0.6) is 0 Å². The Balaban J connectivity index is 2.08. The lowest BCUT2D eigenvalue weighted by molar-refractivity contribution is -0.120. The van der Waals surface area contributed by atoms with Gasteiger partial charge < -0.3 is 10.3 Å². The number of carbonyl (C=O) groups excluding carboxylic acids is 1. The third-order valence-corrected chi connectivity index (χ3v) is 3.91. The first kappa shape index (κ1) is 14.3. The molecule has 22 heavy (non-hydrogen) atoms. The van der Waals surface area contributed by atoms with E-state index in [9.17, 15) is 9.18 Å². The Hall–Kier alpha value is -2.62. The Morgan fingerprint density at radius 2 is 1.95 bits per heavy atom. The van der Waals surface area contributed by atoms with Crippen LogP contribution in [0.3, 0.4) is 0 Å². The maximum atomic E-state index is 14.2. The SMILES string of the molecule is CNC(=O)CC(c1ccccc1)c1cc(F)c2[nH]ccc2c1. The summed E-state index contributed by atoms with van der Waals surface area (Å²) >= 11 is 0. The standard InChI is InChI=1S/C18H17FN2O/c1-20-17(22)11-15(12-5-3-2-4-6-12)14-9-13-7-8-21-18(13)16(19)10-14/h2-10,15,21H,11H2,1H3,(H,20,22). The summed E-state index contributed by atoms with van der Waals surface area (Å²) < 4.78 is 14.2. The Morgan fingerprint density at radius 3 is 2.68 bits per heavy atom. The van der Waals surface area contributed by atoms with Gasteiger partial charge in [-0.15, -0.1) is 0 Å². The molecule has 1 unspecified atom stereocenters. The highest BCUT2D eigenvalue weighted by Crippen LogP contribution is 2.31. The highest BCUT2D eigenvalue weighted by Gasteiger charge is 2.19. The number of nitrogens with one attached hydrogen (secondary N) is 2. The fraction of sp³-hybridized carbons (Fsp3) is 0.167. The van der Waals surface area contributed by atoms with Crippen LogP contribution in [0.15, 0.2) is 54.7 Å². The van der Waals surface area contributed by atoms with Crippen LogP contribution in [0, 0.1) is 5.82 Å². The molecule has 4 heteroatoms. The molecule has 0 radical (unpaired) electrons. The maximum absolute atomic E-state index is 14.2. The van der Waals surface area contributed by atoms with Crippen LogP contribution in [-0.2, 0) is 4.79 Å². The number of hydrogen-bond acceptors (Lipinski definition) is 1. The zero-order valence-corrected chi connectivity index (χ0v) is 12.3. The van der Waals surface area contributed by atoms with Gasteiger partial charge in [-0.25, -0.2) is 4.39 Å². The summed E-state index contributed by atoms with van der Waals surface area (Å²) in [6.07, 6.45) is 2.00. The summed E-state index contributed by atoms with van der Waals surface area (Å²) in [4.78, 5) is 14.7. The number of aromatic amines is 1. The van der Waals surface area contributed by atoms with E-state index in [4.69, 9.17) is 0 Å². The number of amides is 1. The molecule has 3 aromatic rings. The predicted molar refractivity (Wildman–Crippen MR) is 85.2 cm³/mol. The molecule has 1 aromatic heterocycles. The van der Waals surface area contributed by atoms with Crippen molar-refractivity contribution in [3.8, 4) is 0 Å². The van der Waals surface area contributed by atoms with E-state index in [1.165, 1.54) is 6.07 Å². The second kappa shape index (κ2) is 6.02. The van der Waals surface area contributed by atoms with Gasteiger partial charge in [0.25, 0.3) is 0 Å². The van der Waals surface area contributed by atoms with Crippen molar-refractivity contribution in [1.82, 2.24) is 10.3 Å². The number of halogens is 1. The number of fused-ring (bicyclic) bond motifs is 1. The largest absolute Gasteiger partial charge is 0.359 e. The number of H-pyrrole nitrogens is 1. The molecular weight excluding hydrogens is 279 g/mol. The molecule has 112 valence electrons. The van der Waals surface area contributed by atoms with E-state index in [1.807, 2.05) is 42.5 Å². The number of rotatable bonds is 4. The van der Waals surface area contributed by atoms with Crippen LogP contribution in [0.2, 0.25) is 0 Å². The third kappa shape index (κ3) is 2.72. The summed E-state index contributed by atoms with van der Waals surface area (Å²) in [6.45, 7) is 0. The molecule has 3 nitrogen and oxygen atoms in total. The van der Waals surface area contributed by atoms with Crippen LogP contribution >= 0.6 is 0 Å². The molecule has 0 saturated carbocycles. The minimum absolute atomic E-state index is 0.0663. The molecule has 0 saturated heterocycles. The van der Waals surface area contributed by atoms with E-state index in [0.29, 0.717) is 5.52 Å². The second-order valence-electron chi connectivity index (χ2n) is 5.29. The first-order chi connectivity index (χ1) is 10.7. The second-order valence-corrected chi connectivity index (χ2v) is 5.29. The normalized spacial score (nSPS) is 12.3. The first-order valence-electron chi connectivity index (χ1n) is 7.21. The number of hydrogen-bond donors (Lipinski definition) is 2. The molecule has 1 atom stereocenters. The van der Waals surface area contributed by atoms with Gasteiger partial charge in [0.15, 0.2) is 0 Å². The van der Waals surface area contributed by atoms with E-state index in [-0.39, 0.29) is 24.1 Å². The molecular formula is C18H17FN2O. The van der Waals surface area contributed by atoms with Gasteiger partial charge in [0, 0.05) is 31.0 Å². The Kier molecular flexibility index (Phi) is 3.92. The van der Waals surface area contributed by atoms with E-state index in [1.54, 1.807) is 13.2 Å². The topological polar surface area (TPSA) is 44.9 Å². The van der Waals surface area contributed by atoms with Crippen LogP contribution in [0.1, 0.15) is 23.5 Å². The molecule has 0 spiro atoms. The first-order valence-corrected chi connectivity index (χ1v) is 7.21. The highest BCUT2D eigenvalue weighted by atomic mass is 19.1. The fourth-order valence-corrected chi connectivity index (χ4v) is 2.75. The molecule has 3 rings (SSSR count). The zero-order valence-electron chi connectivity index (χ0n) is 12.3. The van der Waals surface area contributed by atoms with Gasteiger partial charge in [-0.2, -0.15) is 0 Å². The third-order valence-electron chi connectivity index (χ3n) is 3.91. The lowest BCUT2D eigenvalue weighted by Gasteiger charge is -2.18. The molecule has 2 N–H and O–H groups in total. The van der Waals surface area contributed by atoms with Crippen molar-refractivity contribution in [2.24, 2.45) is 0 Å². The van der Waals surface area contributed by atoms with Crippen molar-refractivity contribution < 1.29 is 9.18 Å². The van der Waals surface area contributed by atoms with E-state index in [0.717, 1.165) is 16.5 Å². The average molecular weight is 296 g/mol. The van der Waals surface area contributed by atoms with Gasteiger partial charge in [0.05, 0.1) is 5.52 Å². The van der Waals surface area contributed by atoms with Crippen LogP contribution < -0.4 is 5.32 Å². The smallest absolute Gasteiger partial charge is 0.220 e. The van der Waals surface area contributed by atoms with Gasteiger partial charge >= 0.3 is 0 Å². The molecule has 0 fully saturated rings. The summed E-state index contributed by atoms with van der Waals surface area (Å²) in [7, 11) is 1.61. The van der Waals surface area contributed by atoms with Gasteiger partial charge in [0.1, 0.15) is 5.82 Å². The van der Waals surface area contributed by atoms with Crippen LogP contribution in [0.25, 0.3) is 10.9 Å². The molecule has 1 heterocycles. The minimum Gasteiger partial charge on any atom is -0.359 e. The van der Waals surface area contributed by atoms with E-state index >= 15 is 0 Å². The zero-order chi connectivity index (χ0) is 15.5. The molecule has 0 bridgehead atoms. The van der Waals surface area contributed by atoms with Gasteiger partial charge in [-0.05, 0) is 29.3 Å². The lowest BCUT2D eigenvalue weighted by atomic mass is 9.87. The van der Waals surface area contributed by atoms with Gasteiger partial charge in [-0.3, -0.25) is 4.79 Å². The van der Waals surface area contributed by atoms with Gasteiger partial charge in [0.2, 0.25) is 5.91 Å². The number of benzene rings is 2. The number of carbonyl (C=O) groups is 1. The summed E-state index contributed by atoms with van der Waals surface area (Å²) in [5.74, 6) is -0.534. The van der Waals surface area contributed by atoms with Crippen LogP contribution in [0.4, 0.5) is 4.39 Å². The highest BCUT2D eigenvalue weighted by molar-refractivity contribution is 5.82. The van der Waals surface area contributed by atoms with E-state index < -0.39 is 0 Å². The summed E-state index contributed by atoms with van der Waals surface area (Å²) in [5.41, 5.74) is 2.30. The van der Waals surface area contributed by atoms with Crippen molar-refractivity contribution >= 4 is 16.8 Å². The molecule has 0 aliphatic carbocycles. The van der Waals surface area contributed by atoms with Crippen molar-refractivity contribution in [3.63, 3.8) is 0 Å². The minimum atomic E-state index is -0.296. The molecule has 0 aliphatic rings. The van der Waals surface area contributed by atoms with Gasteiger partial charge in [-0.1, -0.05) is 30.3 Å². The quantitative estimate of drug-likeness (QED) is 0.759. The summed E-state index contributed by atoms with van der Waals surface area (Å²) in [5, 5.41) is 3.46. The average Bonchev–Trinajstić information content (AvgIpc) is 3.02. The van der Waals surface area contributed by atoms with Crippen molar-refractivity contribution in [2.45, 2.75) is 12.3 Å². The number of aromatic nitrogens is 1. The van der Waals surface area contributed by atoms with Crippen molar-refractivity contribution in [2.75, 3.05) is 7.05 Å².